The van der Waals surface area contributed by atoms with E-state index in [1.165, 1.54) is 16.7 Å². The van der Waals surface area contributed by atoms with E-state index in [-0.39, 0.29) is 0 Å². The van der Waals surface area contributed by atoms with E-state index >= 15 is 0 Å². The Morgan fingerprint density at radius 2 is 1.04 bits per heavy atom. The molecule has 0 heterocycles. The Morgan fingerprint density at radius 3 is 1.44 bits per heavy atom. The van der Waals surface area contributed by atoms with E-state index in [9.17, 15) is 0 Å². The molecule has 0 radical (unpaired) electrons. The zero-order chi connectivity index (χ0) is 18.1. The summed E-state index contributed by atoms with van der Waals surface area (Å²) >= 11 is 10.1. The molecule has 0 unspecified atom stereocenters. The van der Waals surface area contributed by atoms with Crippen molar-refractivity contribution in [2.45, 2.75) is 11.8 Å². The number of nitrogens with zero attached hydrogens (tertiary/aromatic N) is 1. The molecule has 0 aliphatic carbocycles. The quantitative estimate of drug-likeness (QED) is 0.333. The van der Waals surface area contributed by atoms with Gasteiger partial charge in [-0.1, -0.05) is 84.2 Å². The Kier molecular flexibility index (Phi) is 8.40. The molecule has 0 aromatic heterocycles. The van der Waals surface area contributed by atoms with Crippen molar-refractivity contribution in [3.8, 4) is 6.07 Å². The number of alkyl halides is 1. The molecule has 0 spiro atoms. The predicted octanol–water partition coefficient (Wildman–Crippen LogP) is 7.26. The number of nitriles is 1. The highest BCUT2D eigenvalue weighted by Gasteiger charge is 1.97. The van der Waals surface area contributed by atoms with Gasteiger partial charge in [0.05, 0.1) is 11.6 Å². The molecule has 0 aliphatic heterocycles. The lowest BCUT2D eigenvalue weighted by molar-refractivity contribution is 1.19. The van der Waals surface area contributed by atoms with Crippen molar-refractivity contribution in [3.63, 3.8) is 0 Å². The van der Waals surface area contributed by atoms with E-state index in [0.717, 1.165) is 20.7 Å². The Balaban J connectivity index is 0.000000212. The first-order chi connectivity index (χ1) is 12.1. The van der Waals surface area contributed by atoms with Crippen LogP contribution >= 0.6 is 47.8 Å². The zero-order valence-electron chi connectivity index (χ0n) is 13.4. The molecular formula is C21H16Br3N. The molecule has 25 heavy (non-hydrogen) atoms. The molecule has 1 nitrogen and oxygen atoms in total. The van der Waals surface area contributed by atoms with E-state index < -0.39 is 0 Å². The Labute approximate surface area is 174 Å². The first-order valence-electron chi connectivity index (χ1n) is 7.64. The molecule has 4 heteroatoms. The lowest BCUT2D eigenvalue weighted by atomic mass is 10.0. The van der Waals surface area contributed by atoms with Gasteiger partial charge in [-0.15, -0.1) is 0 Å². The smallest absolute Gasteiger partial charge is 0.0991 e. The molecule has 0 saturated heterocycles. The van der Waals surface area contributed by atoms with Gasteiger partial charge in [0.25, 0.3) is 0 Å². The van der Waals surface area contributed by atoms with Gasteiger partial charge in [0.2, 0.25) is 0 Å². The molecule has 0 atom stereocenters. The van der Waals surface area contributed by atoms with E-state index in [2.05, 4.69) is 78.1 Å². The van der Waals surface area contributed by atoms with Gasteiger partial charge in [-0.05, 0) is 59.5 Å². The fourth-order valence-corrected chi connectivity index (χ4v) is 3.01. The first kappa shape index (κ1) is 19.9. The summed E-state index contributed by atoms with van der Waals surface area (Å²) in [6.07, 6.45) is 0.902. The van der Waals surface area contributed by atoms with Crippen LogP contribution in [-0.2, 0) is 11.8 Å². The molecule has 0 amide bonds. The Bertz CT molecular complexity index is 817. The molecule has 3 aromatic carbocycles. The van der Waals surface area contributed by atoms with Crippen LogP contribution in [0.4, 0.5) is 0 Å². The number of benzene rings is 3. The minimum absolute atomic E-state index is 0.708. The topological polar surface area (TPSA) is 23.8 Å². The van der Waals surface area contributed by atoms with Crippen molar-refractivity contribution < 1.29 is 0 Å². The van der Waals surface area contributed by atoms with Gasteiger partial charge >= 0.3 is 0 Å². The first-order valence-corrected chi connectivity index (χ1v) is 10.4. The maximum Gasteiger partial charge on any atom is 0.0991 e. The second-order valence-corrected chi connectivity index (χ2v) is 7.76. The largest absolute Gasteiger partial charge is 0.192 e. The van der Waals surface area contributed by atoms with Crippen LogP contribution in [0.25, 0.3) is 0 Å². The average molecular weight is 522 g/mol. The van der Waals surface area contributed by atoms with Gasteiger partial charge in [0.1, 0.15) is 0 Å². The van der Waals surface area contributed by atoms with E-state index in [0.29, 0.717) is 5.56 Å². The van der Waals surface area contributed by atoms with Crippen molar-refractivity contribution in [1.29, 1.82) is 5.26 Å². The molecule has 0 N–H and O–H groups in total. The van der Waals surface area contributed by atoms with Crippen LogP contribution in [0.2, 0.25) is 0 Å². The van der Waals surface area contributed by atoms with E-state index in [4.69, 9.17) is 5.26 Å². The Hall–Kier alpha value is -1.41. The Morgan fingerprint density at radius 1 is 0.640 bits per heavy atom. The molecule has 126 valence electrons. The lowest BCUT2D eigenvalue weighted by Crippen LogP contribution is -1.87. The van der Waals surface area contributed by atoms with Crippen LogP contribution in [0.3, 0.4) is 0 Å². The fourth-order valence-electron chi connectivity index (χ4n) is 2.11. The van der Waals surface area contributed by atoms with Gasteiger partial charge in [-0.25, -0.2) is 0 Å². The van der Waals surface area contributed by atoms with Crippen LogP contribution in [-0.4, -0.2) is 0 Å². The van der Waals surface area contributed by atoms with Crippen molar-refractivity contribution in [3.05, 3.63) is 104 Å². The van der Waals surface area contributed by atoms with Gasteiger partial charge in [-0.2, -0.15) is 5.26 Å². The van der Waals surface area contributed by atoms with Gasteiger partial charge in [0, 0.05) is 14.3 Å². The summed E-state index contributed by atoms with van der Waals surface area (Å²) < 4.78 is 2.23. The molecule has 0 saturated carbocycles. The normalized spacial score (nSPS) is 9.68. The average Bonchev–Trinajstić information content (AvgIpc) is 2.65. The summed E-state index contributed by atoms with van der Waals surface area (Å²) in [5.41, 5.74) is 4.51. The van der Waals surface area contributed by atoms with Crippen LogP contribution in [0.5, 0.6) is 0 Å². The SMILES string of the molecule is BrCc1ccc(Br)cc1.N#Cc1ccc(Cc2ccc(Br)cc2)cc1. The monoisotopic (exact) mass is 519 g/mol. The van der Waals surface area contributed by atoms with Crippen LogP contribution in [0.1, 0.15) is 22.3 Å². The number of halogens is 3. The minimum atomic E-state index is 0.708. The zero-order valence-corrected chi connectivity index (χ0v) is 18.2. The standard InChI is InChI=1S/C14H10BrN.C7H6Br2/c15-14-7-5-12(6-8-14)9-11-1-3-13(10-16)4-2-11;8-5-6-1-3-7(9)4-2-6/h1-8H,9H2;1-4H,5H2. The third-order valence-corrected chi connectivity index (χ3v) is 5.18. The summed E-state index contributed by atoms with van der Waals surface area (Å²) in [5, 5.41) is 9.62. The lowest BCUT2D eigenvalue weighted by Gasteiger charge is -2.02. The molecule has 3 aromatic rings. The van der Waals surface area contributed by atoms with E-state index in [1.54, 1.807) is 0 Å². The fraction of sp³-hybridized carbons (Fsp3) is 0.0952. The minimum Gasteiger partial charge on any atom is -0.192 e. The summed E-state index contributed by atoms with van der Waals surface area (Å²) in [5.74, 6) is 0. The summed E-state index contributed by atoms with van der Waals surface area (Å²) in [6.45, 7) is 0. The van der Waals surface area contributed by atoms with Gasteiger partial charge < -0.3 is 0 Å². The van der Waals surface area contributed by atoms with Crippen LogP contribution < -0.4 is 0 Å². The summed E-state index contributed by atoms with van der Waals surface area (Å²) in [7, 11) is 0. The van der Waals surface area contributed by atoms with Crippen LogP contribution in [0.15, 0.2) is 81.7 Å². The van der Waals surface area contributed by atoms with Gasteiger partial charge in [0.15, 0.2) is 0 Å². The second-order valence-electron chi connectivity index (χ2n) is 5.37. The molecular weight excluding hydrogens is 506 g/mol. The second kappa shape index (κ2) is 10.6. The highest BCUT2D eigenvalue weighted by atomic mass is 79.9. The maximum atomic E-state index is 8.69. The summed E-state index contributed by atoms with van der Waals surface area (Å²) in [4.78, 5) is 0. The van der Waals surface area contributed by atoms with Crippen LogP contribution in [0, 0.1) is 11.3 Å². The highest BCUT2D eigenvalue weighted by molar-refractivity contribution is 9.10. The molecule has 0 aliphatic rings. The summed E-state index contributed by atoms with van der Waals surface area (Å²) in [6, 6.07) is 26.4. The van der Waals surface area contributed by atoms with Crippen molar-refractivity contribution in [1.82, 2.24) is 0 Å². The number of rotatable bonds is 3. The maximum absolute atomic E-state index is 8.69. The molecule has 0 fully saturated rings. The third kappa shape index (κ3) is 7.15. The van der Waals surface area contributed by atoms with Crippen molar-refractivity contribution >= 4 is 47.8 Å². The predicted molar refractivity (Wildman–Crippen MR) is 115 cm³/mol. The highest BCUT2D eigenvalue weighted by Crippen LogP contribution is 2.14. The van der Waals surface area contributed by atoms with Crippen molar-refractivity contribution in [2.75, 3.05) is 0 Å². The molecule has 3 rings (SSSR count). The molecule has 0 bridgehead atoms. The van der Waals surface area contributed by atoms with Gasteiger partial charge in [-0.3, -0.25) is 0 Å². The number of hydrogen-bond donors (Lipinski definition) is 0. The number of hydrogen-bond acceptors (Lipinski definition) is 1. The third-order valence-electron chi connectivity index (χ3n) is 3.47. The van der Waals surface area contributed by atoms with E-state index in [1.807, 2.05) is 48.5 Å². The van der Waals surface area contributed by atoms with Crippen molar-refractivity contribution in [2.24, 2.45) is 0 Å².